The van der Waals surface area contributed by atoms with Crippen molar-refractivity contribution in [2.75, 3.05) is 17.6 Å². The third-order valence-electron chi connectivity index (χ3n) is 4.52. The second-order valence-corrected chi connectivity index (χ2v) is 8.86. The summed E-state index contributed by atoms with van der Waals surface area (Å²) in [6, 6.07) is 14.4. The molecule has 0 fully saturated rings. The van der Waals surface area contributed by atoms with Crippen LogP contribution in [0.15, 0.2) is 48.5 Å². The van der Waals surface area contributed by atoms with Crippen LogP contribution in [0.4, 0.5) is 5.69 Å². The first kappa shape index (κ1) is 21.0. The number of aryl methyl sites for hydroxylation is 2. The summed E-state index contributed by atoms with van der Waals surface area (Å²) in [6.45, 7) is 6.21. The molecule has 0 aliphatic heterocycles. The van der Waals surface area contributed by atoms with E-state index in [4.69, 9.17) is 0 Å². The number of amides is 1. The van der Waals surface area contributed by atoms with Gasteiger partial charge in [-0.05, 0) is 38.0 Å². The fourth-order valence-corrected chi connectivity index (χ4v) is 4.24. The molecular weight excluding hydrogens is 360 g/mol. The SMILES string of the molecule is CCC(C(=O)N(C)Cc1ccc(C)cc1)N(c1ccc(C)cc1)S(C)(=O)=O. The van der Waals surface area contributed by atoms with Crippen molar-refractivity contribution in [3.63, 3.8) is 0 Å². The topological polar surface area (TPSA) is 57.7 Å². The van der Waals surface area contributed by atoms with Crippen LogP contribution in [0.5, 0.6) is 0 Å². The molecule has 2 aromatic rings. The van der Waals surface area contributed by atoms with Crippen LogP contribution >= 0.6 is 0 Å². The highest BCUT2D eigenvalue weighted by atomic mass is 32.2. The fourth-order valence-electron chi connectivity index (χ4n) is 3.03. The molecular formula is C21H28N2O3S. The molecule has 0 spiro atoms. The second kappa shape index (κ2) is 8.57. The van der Waals surface area contributed by atoms with Crippen LogP contribution in [0.25, 0.3) is 0 Å². The maximum Gasteiger partial charge on any atom is 0.246 e. The summed E-state index contributed by atoms with van der Waals surface area (Å²) in [7, 11) is -1.90. The number of anilines is 1. The quantitative estimate of drug-likeness (QED) is 0.729. The molecule has 0 N–H and O–H groups in total. The van der Waals surface area contributed by atoms with Gasteiger partial charge in [0.05, 0.1) is 11.9 Å². The molecule has 5 nitrogen and oxygen atoms in total. The lowest BCUT2D eigenvalue weighted by molar-refractivity contribution is -0.131. The Hall–Kier alpha value is -2.34. The molecule has 0 aliphatic carbocycles. The zero-order valence-electron chi connectivity index (χ0n) is 16.6. The van der Waals surface area contributed by atoms with E-state index in [-0.39, 0.29) is 5.91 Å². The second-order valence-electron chi connectivity index (χ2n) is 7.00. The van der Waals surface area contributed by atoms with E-state index in [1.807, 2.05) is 57.2 Å². The lowest BCUT2D eigenvalue weighted by Crippen LogP contribution is -2.49. The number of hydrogen-bond donors (Lipinski definition) is 0. The highest BCUT2D eigenvalue weighted by molar-refractivity contribution is 7.92. The number of benzene rings is 2. The van der Waals surface area contributed by atoms with Gasteiger partial charge in [-0.3, -0.25) is 9.10 Å². The van der Waals surface area contributed by atoms with Crippen molar-refractivity contribution in [2.45, 2.75) is 39.8 Å². The average Bonchev–Trinajstić information content (AvgIpc) is 2.61. The van der Waals surface area contributed by atoms with Gasteiger partial charge in [0.1, 0.15) is 6.04 Å². The van der Waals surface area contributed by atoms with E-state index in [1.54, 1.807) is 24.1 Å². The molecule has 0 radical (unpaired) electrons. The van der Waals surface area contributed by atoms with Crippen LogP contribution in [0, 0.1) is 13.8 Å². The number of rotatable bonds is 7. The Balaban J connectivity index is 2.30. The van der Waals surface area contributed by atoms with Crippen molar-refractivity contribution in [1.29, 1.82) is 0 Å². The van der Waals surface area contributed by atoms with E-state index in [0.717, 1.165) is 22.9 Å². The Morgan fingerprint density at radius 3 is 1.89 bits per heavy atom. The van der Waals surface area contributed by atoms with Crippen molar-refractivity contribution in [2.24, 2.45) is 0 Å². The number of likely N-dealkylation sites (N-methyl/N-ethyl adjacent to an activating group) is 1. The molecule has 0 aromatic heterocycles. The lowest BCUT2D eigenvalue weighted by Gasteiger charge is -2.33. The number of nitrogens with zero attached hydrogens (tertiary/aromatic N) is 2. The molecule has 2 rings (SSSR count). The summed E-state index contributed by atoms with van der Waals surface area (Å²) < 4.78 is 26.2. The molecule has 1 amide bonds. The molecule has 27 heavy (non-hydrogen) atoms. The first-order valence-electron chi connectivity index (χ1n) is 9.00. The van der Waals surface area contributed by atoms with E-state index >= 15 is 0 Å². The predicted molar refractivity (Wildman–Crippen MR) is 110 cm³/mol. The minimum Gasteiger partial charge on any atom is -0.340 e. The largest absolute Gasteiger partial charge is 0.340 e. The first-order valence-corrected chi connectivity index (χ1v) is 10.8. The van der Waals surface area contributed by atoms with Crippen molar-refractivity contribution in [1.82, 2.24) is 4.90 Å². The molecule has 6 heteroatoms. The van der Waals surface area contributed by atoms with E-state index in [2.05, 4.69) is 0 Å². The standard InChI is InChI=1S/C21H28N2O3S/c1-6-20(21(24)22(4)15-18-11-7-16(2)8-12-18)23(27(5,25)26)19-13-9-17(3)10-14-19/h7-14,20H,6,15H2,1-5H3. The lowest BCUT2D eigenvalue weighted by atomic mass is 10.1. The van der Waals surface area contributed by atoms with Gasteiger partial charge in [-0.25, -0.2) is 8.42 Å². The molecule has 0 aliphatic rings. The molecule has 146 valence electrons. The summed E-state index contributed by atoms with van der Waals surface area (Å²) in [4.78, 5) is 14.7. The van der Waals surface area contributed by atoms with Crippen molar-refractivity contribution in [3.05, 3.63) is 65.2 Å². The third kappa shape index (κ3) is 5.32. The van der Waals surface area contributed by atoms with Crippen LogP contribution in [-0.4, -0.2) is 38.6 Å². The van der Waals surface area contributed by atoms with Gasteiger partial charge in [0.25, 0.3) is 0 Å². The predicted octanol–water partition coefficient (Wildman–Crippen LogP) is 3.51. The number of carbonyl (C=O) groups is 1. The van der Waals surface area contributed by atoms with Crippen molar-refractivity contribution < 1.29 is 13.2 Å². The van der Waals surface area contributed by atoms with Crippen LogP contribution in [-0.2, 0) is 21.4 Å². The van der Waals surface area contributed by atoms with Crippen LogP contribution in [0.2, 0.25) is 0 Å². The van der Waals surface area contributed by atoms with Gasteiger partial charge < -0.3 is 4.90 Å². The summed E-state index contributed by atoms with van der Waals surface area (Å²) in [5, 5.41) is 0. The normalized spacial score (nSPS) is 12.5. The molecule has 0 heterocycles. The monoisotopic (exact) mass is 388 g/mol. The zero-order valence-corrected chi connectivity index (χ0v) is 17.5. The van der Waals surface area contributed by atoms with Gasteiger partial charge in [0.15, 0.2) is 0 Å². The summed E-state index contributed by atoms with van der Waals surface area (Å²) in [5.74, 6) is -0.218. The van der Waals surface area contributed by atoms with E-state index < -0.39 is 16.1 Å². The number of hydrogen-bond acceptors (Lipinski definition) is 3. The van der Waals surface area contributed by atoms with Crippen molar-refractivity contribution in [3.8, 4) is 0 Å². The van der Waals surface area contributed by atoms with E-state index in [9.17, 15) is 13.2 Å². The van der Waals surface area contributed by atoms with Gasteiger partial charge in [-0.15, -0.1) is 0 Å². The fraction of sp³-hybridized carbons (Fsp3) is 0.381. The van der Waals surface area contributed by atoms with Crippen LogP contribution in [0.1, 0.15) is 30.0 Å². The Bertz CT molecular complexity index is 875. The molecule has 0 saturated heterocycles. The molecule has 0 saturated carbocycles. The Kier molecular flexibility index (Phi) is 6.65. The minimum absolute atomic E-state index is 0.218. The third-order valence-corrected chi connectivity index (χ3v) is 5.70. The Morgan fingerprint density at radius 1 is 0.963 bits per heavy atom. The molecule has 2 aromatic carbocycles. The maximum atomic E-state index is 13.1. The summed E-state index contributed by atoms with van der Waals surface area (Å²) in [6.07, 6.45) is 1.53. The smallest absolute Gasteiger partial charge is 0.246 e. The zero-order chi connectivity index (χ0) is 20.2. The van der Waals surface area contributed by atoms with Gasteiger partial charge in [0, 0.05) is 13.6 Å². The van der Waals surface area contributed by atoms with Gasteiger partial charge in [0.2, 0.25) is 15.9 Å². The van der Waals surface area contributed by atoms with E-state index in [1.165, 1.54) is 4.31 Å². The Labute approximate surface area is 162 Å². The average molecular weight is 389 g/mol. The van der Waals surface area contributed by atoms with Crippen molar-refractivity contribution >= 4 is 21.6 Å². The minimum atomic E-state index is -3.61. The summed E-state index contributed by atoms with van der Waals surface area (Å²) >= 11 is 0. The van der Waals surface area contributed by atoms with Gasteiger partial charge in [-0.1, -0.05) is 54.4 Å². The highest BCUT2D eigenvalue weighted by Crippen LogP contribution is 2.24. The molecule has 0 bridgehead atoms. The van der Waals surface area contributed by atoms with E-state index in [0.29, 0.717) is 18.7 Å². The van der Waals surface area contributed by atoms with Gasteiger partial charge in [-0.2, -0.15) is 0 Å². The van der Waals surface area contributed by atoms with Crippen LogP contribution in [0.3, 0.4) is 0 Å². The number of sulfonamides is 1. The first-order chi connectivity index (χ1) is 12.6. The Morgan fingerprint density at radius 2 is 1.44 bits per heavy atom. The maximum absolute atomic E-state index is 13.1. The molecule has 1 unspecified atom stereocenters. The highest BCUT2D eigenvalue weighted by Gasteiger charge is 2.33. The number of carbonyl (C=O) groups excluding carboxylic acids is 1. The van der Waals surface area contributed by atoms with Gasteiger partial charge >= 0.3 is 0 Å². The summed E-state index contributed by atoms with van der Waals surface area (Å²) in [5.41, 5.74) is 3.70. The van der Waals surface area contributed by atoms with Crippen LogP contribution < -0.4 is 4.31 Å². The molecule has 1 atom stereocenters.